The fraction of sp³-hybridized carbons (Fsp3) is 0.625. The van der Waals surface area contributed by atoms with E-state index in [1.807, 2.05) is 15.4 Å². The molecule has 2 fully saturated rings. The number of hydrogen-bond donors (Lipinski definition) is 4. The van der Waals surface area contributed by atoms with E-state index in [1.165, 1.54) is 0 Å². The van der Waals surface area contributed by atoms with E-state index in [-0.39, 0.29) is 24.2 Å². The Kier molecular flexibility index (Phi) is 5.90. The van der Waals surface area contributed by atoms with E-state index in [9.17, 15) is 20.4 Å². The van der Waals surface area contributed by atoms with E-state index in [2.05, 4.69) is 37.0 Å². The van der Waals surface area contributed by atoms with E-state index < -0.39 is 12.6 Å². The molecule has 0 bridgehead atoms. The molecule has 0 aliphatic carbocycles. The van der Waals surface area contributed by atoms with Gasteiger partial charge >= 0.3 is 0 Å². The first-order valence-electron chi connectivity index (χ1n) is 8.28. The minimum absolute atomic E-state index is 0.139. The lowest BCUT2D eigenvalue weighted by atomic mass is 9.98. The molecule has 1 aromatic rings. The van der Waals surface area contributed by atoms with Gasteiger partial charge in [0.15, 0.2) is 12.6 Å². The van der Waals surface area contributed by atoms with Gasteiger partial charge in [-0.3, -0.25) is 9.34 Å². The van der Waals surface area contributed by atoms with Crippen LogP contribution in [0.1, 0.15) is 48.9 Å². The third-order valence-corrected chi connectivity index (χ3v) is 6.81. The quantitative estimate of drug-likeness (QED) is 0.464. The summed E-state index contributed by atoms with van der Waals surface area (Å²) in [6, 6.07) is 8.06. The van der Waals surface area contributed by atoms with Crippen molar-refractivity contribution in [2.75, 3.05) is 0 Å². The summed E-state index contributed by atoms with van der Waals surface area (Å²) in [4.78, 5) is 0. The van der Waals surface area contributed by atoms with Gasteiger partial charge in [-0.1, -0.05) is 43.0 Å². The highest BCUT2D eigenvalue weighted by Crippen LogP contribution is 2.43. The maximum atomic E-state index is 9.47. The molecule has 0 amide bonds. The van der Waals surface area contributed by atoms with Crippen LogP contribution in [0.2, 0.25) is 0 Å². The van der Waals surface area contributed by atoms with Crippen LogP contribution in [-0.2, 0) is 0 Å². The smallest absolute Gasteiger partial charge is 0.167 e. The largest absolute Gasteiger partial charge is 0.367 e. The monoisotopic (exact) mass is 372 g/mol. The summed E-state index contributed by atoms with van der Waals surface area (Å²) in [5.41, 5.74) is 2.30. The van der Waals surface area contributed by atoms with Crippen LogP contribution in [0, 0.1) is 0 Å². The van der Waals surface area contributed by atoms with Gasteiger partial charge in [0.25, 0.3) is 0 Å². The van der Waals surface area contributed by atoms with Gasteiger partial charge in [0.05, 0.1) is 12.1 Å². The molecule has 1 aromatic carbocycles. The molecule has 2 saturated heterocycles. The summed E-state index contributed by atoms with van der Waals surface area (Å²) >= 11 is 0. The van der Waals surface area contributed by atoms with Crippen molar-refractivity contribution in [3.8, 4) is 0 Å². The third-order valence-electron chi connectivity index (χ3n) is 5.33. The zero-order valence-electron chi connectivity index (χ0n) is 13.4. The fourth-order valence-electron chi connectivity index (χ4n) is 3.97. The molecule has 0 saturated carbocycles. The second kappa shape index (κ2) is 7.61. The van der Waals surface area contributed by atoms with E-state index in [0.717, 1.165) is 36.8 Å². The van der Waals surface area contributed by atoms with E-state index in [1.54, 1.807) is 0 Å². The van der Waals surface area contributed by atoms with Crippen molar-refractivity contribution in [1.82, 2.24) is 9.34 Å². The Hall–Kier alpha value is -0.160. The predicted octanol–water partition coefficient (Wildman–Crippen LogP) is 0.899. The summed E-state index contributed by atoms with van der Waals surface area (Å²) in [7, 11) is 5.25. The third kappa shape index (κ3) is 3.53. The van der Waals surface area contributed by atoms with Gasteiger partial charge in [0, 0.05) is 12.1 Å². The highest BCUT2D eigenvalue weighted by Gasteiger charge is 2.37. The normalized spacial score (nSPS) is 32.3. The zero-order chi connectivity index (χ0) is 17.4. The molecule has 0 aromatic heterocycles. The van der Waals surface area contributed by atoms with Crippen LogP contribution in [0.5, 0.6) is 0 Å². The Morgan fingerprint density at radius 1 is 0.792 bits per heavy atom. The average molecular weight is 372 g/mol. The lowest BCUT2D eigenvalue weighted by Gasteiger charge is -2.29. The molecular formula is C16H26N2O4P2. The Bertz CT molecular complexity index is 530. The summed E-state index contributed by atoms with van der Waals surface area (Å²) in [6.07, 6.45) is 0.576. The topological polar surface area (TPSA) is 87.4 Å². The molecule has 2 aliphatic rings. The number of hydrogen-bond acceptors (Lipinski definition) is 6. The van der Waals surface area contributed by atoms with Crippen molar-refractivity contribution >= 4 is 18.8 Å². The van der Waals surface area contributed by atoms with Gasteiger partial charge in [0.2, 0.25) is 0 Å². The molecule has 2 aliphatic heterocycles. The summed E-state index contributed by atoms with van der Waals surface area (Å²) in [5.74, 6) is 0. The zero-order valence-corrected chi connectivity index (χ0v) is 15.7. The van der Waals surface area contributed by atoms with Gasteiger partial charge in [-0.15, -0.1) is 0 Å². The van der Waals surface area contributed by atoms with Crippen molar-refractivity contribution < 1.29 is 20.4 Å². The average Bonchev–Trinajstić information content (AvgIpc) is 3.10. The minimum Gasteiger partial charge on any atom is -0.367 e. The molecule has 6 nitrogen and oxygen atoms in total. The molecule has 0 radical (unpaired) electrons. The molecule has 5 unspecified atom stereocenters. The summed E-state index contributed by atoms with van der Waals surface area (Å²) in [6.45, 7) is 0. The standard InChI is InChI=1S/C16H26N2O4P2/c19-15(20)13-6-4-11(17(13)23)9-2-1-3-10(8-9)12-5-7-14(16(21)22)18(12)24/h1-3,8,11-16,19-22H,4-7,23-24H2/t11?,12?,13-,14?/m0/s1. The maximum Gasteiger partial charge on any atom is 0.167 e. The summed E-state index contributed by atoms with van der Waals surface area (Å²) in [5, 5.41) is 37.9. The molecular weight excluding hydrogens is 346 g/mol. The Morgan fingerprint density at radius 3 is 1.54 bits per heavy atom. The second-order valence-corrected chi connectivity index (χ2v) is 7.91. The Balaban J connectivity index is 1.78. The second-order valence-electron chi connectivity index (χ2n) is 6.71. The molecule has 24 heavy (non-hydrogen) atoms. The van der Waals surface area contributed by atoms with Gasteiger partial charge in [-0.05, 0) is 36.8 Å². The molecule has 134 valence electrons. The SMILES string of the molecule is OC(O)C1CCC(c2cccc(C3CC[C@@H](C(O)O)N3P)c2)N1P. The minimum atomic E-state index is -1.33. The van der Waals surface area contributed by atoms with Crippen LogP contribution in [0.3, 0.4) is 0 Å². The van der Waals surface area contributed by atoms with E-state index >= 15 is 0 Å². The van der Waals surface area contributed by atoms with Crippen LogP contribution >= 0.6 is 18.8 Å². The van der Waals surface area contributed by atoms with E-state index in [0.29, 0.717) is 0 Å². The highest BCUT2D eigenvalue weighted by molar-refractivity contribution is 7.13. The Labute approximate surface area is 147 Å². The van der Waals surface area contributed by atoms with Crippen molar-refractivity contribution in [2.45, 2.75) is 62.4 Å². The van der Waals surface area contributed by atoms with Crippen LogP contribution in [0.4, 0.5) is 0 Å². The van der Waals surface area contributed by atoms with Crippen molar-refractivity contribution in [3.63, 3.8) is 0 Å². The van der Waals surface area contributed by atoms with Gasteiger partial charge < -0.3 is 20.4 Å². The van der Waals surface area contributed by atoms with Crippen molar-refractivity contribution in [1.29, 1.82) is 0 Å². The van der Waals surface area contributed by atoms with Crippen molar-refractivity contribution in [2.24, 2.45) is 0 Å². The van der Waals surface area contributed by atoms with Crippen molar-refractivity contribution in [3.05, 3.63) is 35.4 Å². The molecule has 2 heterocycles. The molecule has 4 N–H and O–H groups in total. The lowest BCUT2D eigenvalue weighted by Crippen LogP contribution is -2.34. The number of nitrogens with zero attached hydrogens (tertiary/aromatic N) is 2. The summed E-state index contributed by atoms with van der Waals surface area (Å²) < 4.78 is 3.91. The Morgan fingerprint density at radius 2 is 1.21 bits per heavy atom. The number of aliphatic hydroxyl groups is 4. The lowest BCUT2D eigenvalue weighted by molar-refractivity contribution is -0.0785. The van der Waals surface area contributed by atoms with Crippen LogP contribution in [0.25, 0.3) is 0 Å². The first-order valence-corrected chi connectivity index (χ1v) is 9.31. The van der Waals surface area contributed by atoms with Gasteiger partial charge in [-0.25, -0.2) is 0 Å². The van der Waals surface area contributed by atoms with E-state index in [4.69, 9.17) is 0 Å². The number of rotatable bonds is 4. The van der Waals surface area contributed by atoms with Crippen LogP contribution < -0.4 is 0 Å². The van der Waals surface area contributed by atoms with Crippen LogP contribution in [-0.4, -0.2) is 54.4 Å². The molecule has 3 rings (SSSR count). The maximum absolute atomic E-state index is 9.47. The molecule has 8 heteroatoms. The molecule has 0 spiro atoms. The van der Waals surface area contributed by atoms with Gasteiger partial charge in [0.1, 0.15) is 0 Å². The molecule has 6 atom stereocenters. The number of aliphatic hydroxyl groups excluding tert-OH is 2. The first-order chi connectivity index (χ1) is 11.4. The predicted molar refractivity (Wildman–Crippen MR) is 97.5 cm³/mol. The van der Waals surface area contributed by atoms with Crippen LogP contribution in [0.15, 0.2) is 24.3 Å². The number of benzene rings is 1. The highest BCUT2D eigenvalue weighted by atomic mass is 31.0. The fourth-order valence-corrected chi connectivity index (χ4v) is 5.22. The first kappa shape index (κ1) is 18.6. The van der Waals surface area contributed by atoms with Gasteiger partial charge in [-0.2, -0.15) is 0 Å².